The molecule has 0 saturated heterocycles. The number of fused-ring (bicyclic) bond motifs is 1. The summed E-state index contributed by atoms with van der Waals surface area (Å²) in [5.74, 6) is 0.680. The minimum absolute atomic E-state index is 0.0373. The number of amides is 2. The van der Waals surface area contributed by atoms with Crippen LogP contribution in [-0.4, -0.2) is 63.9 Å². The summed E-state index contributed by atoms with van der Waals surface area (Å²) in [5, 5.41) is 2.86. The normalized spacial score (nSPS) is 13.2. The van der Waals surface area contributed by atoms with Gasteiger partial charge in [0.05, 0.1) is 18.6 Å². The van der Waals surface area contributed by atoms with Gasteiger partial charge in [-0.25, -0.2) is 8.42 Å². The van der Waals surface area contributed by atoms with E-state index in [-0.39, 0.29) is 36.6 Å². The first-order chi connectivity index (χ1) is 17.6. The monoisotopic (exact) mass is 533 g/mol. The van der Waals surface area contributed by atoms with E-state index in [1.807, 2.05) is 19.9 Å². The maximum atomic E-state index is 13.7. The highest BCUT2D eigenvalue weighted by Gasteiger charge is 2.31. The summed E-state index contributed by atoms with van der Waals surface area (Å²) >= 11 is 0. The van der Waals surface area contributed by atoms with E-state index in [2.05, 4.69) is 5.32 Å². The van der Waals surface area contributed by atoms with E-state index < -0.39 is 28.5 Å². The zero-order chi connectivity index (χ0) is 27.2. The van der Waals surface area contributed by atoms with Gasteiger partial charge in [0.1, 0.15) is 18.3 Å². The van der Waals surface area contributed by atoms with E-state index in [0.717, 1.165) is 9.87 Å². The Kier molecular flexibility index (Phi) is 9.25. The van der Waals surface area contributed by atoms with Gasteiger partial charge in [0.2, 0.25) is 28.6 Å². The van der Waals surface area contributed by atoms with Gasteiger partial charge in [-0.05, 0) is 49.6 Å². The third-order valence-electron chi connectivity index (χ3n) is 5.96. The molecule has 2 amide bonds. The summed E-state index contributed by atoms with van der Waals surface area (Å²) in [7, 11) is -2.30. The quantitative estimate of drug-likeness (QED) is 0.446. The molecule has 0 unspecified atom stereocenters. The third kappa shape index (κ3) is 7.06. The predicted molar refractivity (Wildman–Crippen MR) is 140 cm³/mol. The van der Waals surface area contributed by atoms with Crippen molar-refractivity contribution in [2.75, 3.05) is 37.1 Å². The first-order valence-corrected chi connectivity index (χ1v) is 13.8. The number of sulfonamides is 1. The van der Waals surface area contributed by atoms with Crippen LogP contribution in [0.25, 0.3) is 0 Å². The average Bonchev–Trinajstić information content (AvgIpc) is 3.36. The molecule has 1 atom stereocenters. The summed E-state index contributed by atoms with van der Waals surface area (Å²) < 4.78 is 43.2. The number of nitrogens with one attached hydrogen (secondary N) is 1. The van der Waals surface area contributed by atoms with Gasteiger partial charge in [0.25, 0.3) is 0 Å². The maximum Gasteiger partial charge on any atom is 0.244 e. The van der Waals surface area contributed by atoms with E-state index in [1.54, 1.807) is 44.4 Å². The van der Waals surface area contributed by atoms with Crippen LogP contribution in [0.15, 0.2) is 42.5 Å². The van der Waals surface area contributed by atoms with Gasteiger partial charge in [-0.2, -0.15) is 0 Å². The van der Waals surface area contributed by atoms with Crippen LogP contribution in [0, 0.1) is 5.92 Å². The van der Waals surface area contributed by atoms with Crippen molar-refractivity contribution < 1.29 is 32.2 Å². The lowest BCUT2D eigenvalue weighted by molar-refractivity contribution is -0.139. The minimum Gasteiger partial charge on any atom is -0.497 e. The van der Waals surface area contributed by atoms with E-state index in [0.29, 0.717) is 23.8 Å². The fourth-order valence-electron chi connectivity index (χ4n) is 3.76. The standard InChI is InChI=1S/C26H35N3O7S/c1-6-37(32,33)29(21-10-11-23-24(13-21)36-17-35-23)16-25(30)28(19(4)26(31)27-14-18(2)3)15-20-8-7-9-22(12-20)34-5/h7-13,18-19H,6,14-17H2,1-5H3,(H,27,31)/t19-/m1/s1. The lowest BCUT2D eigenvalue weighted by Gasteiger charge is -2.32. The Hall–Kier alpha value is -3.47. The Labute approximate surface area is 218 Å². The fourth-order valence-corrected chi connectivity index (χ4v) is 4.82. The zero-order valence-corrected chi connectivity index (χ0v) is 22.7. The molecule has 0 saturated carbocycles. The molecule has 1 heterocycles. The molecule has 2 aromatic rings. The summed E-state index contributed by atoms with van der Waals surface area (Å²) in [5.41, 5.74) is 1.02. The molecule has 1 aliphatic rings. The fraction of sp³-hybridized carbons (Fsp3) is 0.462. The van der Waals surface area contributed by atoms with Crippen molar-refractivity contribution in [3.8, 4) is 17.2 Å². The summed E-state index contributed by atoms with van der Waals surface area (Å²) in [6, 6.07) is 11.0. The average molecular weight is 534 g/mol. The second-order valence-corrected chi connectivity index (χ2v) is 11.3. The van der Waals surface area contributed by atoms with Crippen LogP contribution in [0.4, 0.5) is 5.69 Å². The molecule has 10 nitrogen and oxygen atoms in total. The van der Waals surface area contributed by atoms with E-state index >= 15 is 0 Å². The second-order valence-electron chi connectivity index (χ2n) is 9.13. The largest absolute Gasteiger partial charge is 0.497 e. The van der Waals surface area contributed by atoms with Crippen molar-refractivity contribution in [2.45, 2.75) is 40.3 Å². The predicted octanol–water partition coefficient (Wildman–Crippen LogP) is 2.77. The van der Waals surface area contributed by atoms with Gasteiger partial charge in [-0.15, -0.1) is 0 Å². The molecular weight excluding hydrogens is 498 g/mol. The van der Waals surface area contributed by atoms with Crippen LogP contribution in [0.5, 0.6) is 17.2 Å². The highest BCUT2D eigenvalue weighted by atomic mass is 32.2. The van der Waals surface area contributed by atoms with E-state index in [4.69, 9.17) is 14.2 Å². The Morgan fingerprint density at radius 2 is 1.81 bits per heavy atom. The molecule has 0 bridgehead atoms. The van der Waals surface area contributed by atoms with Crippen molar-refractivity contribution in [3.63, 3.8) is 0 Å². The lowest BCUT2D eigenvalue weighted by atomic mass is 10.1. The van der Waals surface area contributed by atoms with Crippen molar-refractivity contribution in [1.29, 1.82) is 0 Å². The zero-order valence-electron chi connectivity index (χ0n) is 21.9. The maximum absolute atomic E-state index is 13.7. The van der Waals surface area contributed by atoms with Crippen LogP contribution in [0.1, 0.15) is 33.3 Å². The van der Waals surface area contributed by atoms with Gasteiger partial charge in [-0.1, -0.05) is 26.0 Å². The molecule has 1 aliphatic heterocycles. The lowest BCUT2D eigenvalue weighted by Crippen LogP contribution is -2.51. The number of ether oxygens (including phenoxy) is 3. The Morgan fingerprint density at radius 3 is 2.49 bits per heavy atom. The molecule has 0 radical (unpaired) electrons. The molecule has 3 rings (SSSR count). The van der Waals surface area contributed by atoms with Gasteiger partial charge < -0.3 is 24.4 Å². The molecule has 2 aromatic carbocycles. The Bertz CT molecular complexity index is 1220. The van der Waals surface area contributed by atoms with Crippen molar-refractivity contribution >= 4 is 27.5 Å². The molecule has 202 valence electrons. The molecule has 1 N–H and O–H groups in total. The first-order valence-electron chi connectivity index (χ1n) is 12.2. The van der Waals surface area contributed by atoms with Crippen LogP contribution >= 0.6 is 0 Å². The summed E-state index contributed by atoms with van der Waals surface area (Å²) in [4.78, 5) is 28.1. The Balaban J connectivity index is 1.93. The number of anilines is 1. The van der Waals surface area contributed by atoms with Crippen molar-refractivity contribution in [3.05, 3.63) is 48.0 Å². The SMILES string of the molecule is CCS(=O)(=O)N(CC(=O)N(Cc1cccc(OC)c1)[C@H](C)C(=O)NCC(C)C)c1ccc2c(c1)OCO2. The molecule has 0 aliphatic carbocycles. The van der Waals surface area contributed by atoms with Gasteiger partial charge >= 0.3 is 0 Å². The highest BCUT2D eigenvalue weighted by molar-refractivity contribution is 7.92. The van der Waals surface area contributed by atoms with Gasteiger partial charge in [-0.3, -0.25) is 13.9 Å². The van der Waals surface area contributed by atoms with Gasteiger partial charge in [0, 0.05) is 19.2 Å². The highest BCUT2D eigenvalue weighted by Crippen LogP contribution is 2.36. The van der Waals surface area contributed by atoms with Gasteiger partial charge in [0.15, 0.2) is 11.5 Å². The first kappa shape index (κ1) is 28.1. The molecule has 11 heteroatoms. The minimum atomic E-state index is -3.84. The summed E-state index contributed by atoms with van der Waals surface area (Å²) in [6.07, 6.45) is 0. The van der Waals surface area contributed by atoms with Crippen LogP contribution in [-0.2, 0) is 26.2 Å². The molecule has 0 aromatic heterocycles. The van der Waals surface area contributed by atoms with Crippen LogP contribution < -0.4 is 23.8 Å². The van der Waals surface area contributed by atoms with E-state index in [1.165, 1.54) is 17.9 Å². The van der Waals surface area contributed by atoms with Crippen LogP contribution in [0.3, 0.4) is 0 Å². The van der Waals surface area contributed by atoms with E-state index in [9.17, 15) is 18.0 Å². The molecule has 0 fully saturated rings. The smallest absolute Gasteiger partial charge is 0.244 e. The number of benzene rings is 2. The molecular formula is C26H35N3O7S. The van der Waals surface area contributed by atoms with Crippen molar-refractivity contribution in [2.24, 2.45) is 5.92 Å². The third-order valence-corrected chi connectivity index (χ3v) is 7.70. The topological polar surface area (TPSA) is 114 Å². The number of hydrogen-bond donors (Lipinski definition) is 1. The second kappa shape index (κ2) is 12.2. The molecule has 0 spiro atoms. The Morgan fingerprint density at radius 1 is 1.08 bits per heavy atom. The number of carbonyl (C=O) groups excluding carboxylic acids is 2. The summed E-state index contributed by atoms with van der Waals surface area (Å²) in [6.45, 7) is 7.19. The van der Waals surface area contributed by atoms with Crippen molar-refractivity contribution in [1.82, 2.24) is 10.2 Å². The molecule has 37 heavy (non-hydrogen) atoms. The number of methoxy groups -OCH3 is 1. The number of hydrogen-bond acceptors (Lipinski definition) is 7. The number of rotatable bonds is 12. The van der Waals surface area contributed by atoms with Crippen LogP contribution in [0.2, 0.25) is 0 Å². The number of nitrogens with zero attached hydrogens (tertiary/aromatic N) is 2. The number of carbonyl (C=O) groups is 2.